The average Bonchev–Trinajstić information content (AvgIpc) is 2.33. The molecule has 1 aliphatic rings. The zero-order valence-electron chi connectivity index (χ0n) is 9.55. The fourth-order valence-corrected chi connectivity index (χ4v) is 1.71. The monoisotopic (exact) mass is 245 g/mol. The van der Waals surface area contributed by atoms with Crippen molar-refractivity contribution in [1.82, 2.24) is 0 Å². The number of rotatable bonds is 3. The van der Waals surface area contributed by atoms with Crippen molar-refractivity contribution in [2.45, 2.75) is 6.42 Å². The van der Waals surface area contributed by atoms with E-state index in [-0.39, 0.29) is 31.3 Å². The van der Waals surface area contributed by atoms with Gasteiger partial charge < -0.3 is 10.5 Å². The Morgan fingerprint density at radius 1 is 1.56 bits per heavy atom. The first-order valence-electron chi connectivity index (χ1n) is 5.33. The van der Waals surface area contributed by atoms with E-state index in [1.165, 1.54) is 4.90 Å². The molecule has 1 amide bonds. The van der Waals surface area contributed by atoms with Gasteiger partial charge in [0.25, 0.3) is 5.91 Å². The molecule has 1 heterocycles. The van der Waals surface area contributed by atoms with Crippen LogP contribution in [0.15, 0.2) is 18.2 Å². The molecule has 2 rings (SSSR count). The van der Waals surface area contributed by atoms with Gasteiger partial charge in [-0.3, -0.25) is 14.5 Å². The second kappa shape index (κ2) is 4.75. The van der Waals surface area contributed by atoms with E-state index in [1.807, 2.05) is 0 Å². The molecule has 6 heteroatoms. The van der Waals surface area contributed by atoms with Crippen molar-refractivity contribution >= 4 is 23.1 Å². The lowest BCUT2D eigenvalue weighted by Crippen LogP contribution is -2.41. The molecular formula is C12H11N3O3. The van der Waals surface area contributed by atoms with Crippen molar-refractivity contribution in [3.05, 3.63) is 18.2 Å². The Bertz CT molecular complexity index is 548. The molecule has 0 saturated heterocycles. The highest BCUT2D eigenvalue weighted by Gasteiger charge is 2.27. The highest BCUT2D eigenvalue weighted by atomic mass is 16.5. The number of carbonyl (C=O) groups excluding carboxylic acids is 2. The summed E-state index contributed by atoms with van der Waals surface area (Å²) >= 11 is 0. The standard InChI is InChI=1S/C12H11N3O3/c13-4-3-9(16)6-15-10-5-8(14)1-2-11(10)18-7-12(15)17/h1-2,5H,3,6-7,14H2. The number of nitrogen functional groups attached to an aromatic ring is 1. The third-order valence-corrected chi connectivity index (χ3v) is 2.54. The van der Waals surface area contributed by atoms with Crippen LogP contribution in [-0.2, 0) is 9.59 Å². The van der Waals surface area contributed by atoms with Crippen LogP contribution >= 0.6 is 0 Å². The number of hydrogen-bond donors (Lipinski definition) is 1. The molecule has 1 aromatic carbocycles. The number of fused-ring (bicyclic) bond motifs is 1. The van der Waals surface area contributed by atoms with Crippen LogP contribution in [0.4, 0.5) is 11.4 Å². The summed E-state index contributed by atoms with van der Waals surface area (Å²) in [5.74, 6) is -0.130. The molecule has 6 nitrogen and oxygen atoms in total. The number of nitriles is 1. The maximum absolute atomic E-state index is 11.7. The summed E-state index contributed by atoms with van der Waals surface area (Å²) in [7, 11) is 0. The van der Waals surface area contributed by atoms with Crippen LogP contribution in [-0.4, -0.2) is 24.8 Å². The smallest absolute Gasteiger partial charge is 0.265 e. The Kier molecular flexibility index (Phi) is 3.15. The molecule has 0 radical (unpaired) electrons. The molecular weight excluding hydrogens is 234 g/mol. The molecule has 0 fully saturated rings. The number of hydrogen-bond acceptors (Lipinski definition) is 5. The van der Waals surface area contributed by atoms with E-state index < -0.39 is 0 Å². The molecule has 0 aliphatic carbocycles. The number of Topliss-reactive ketones (excluding diaryl/α,β-unsaturated/α-hetero) is 1. The molecule has 18 heavy (non-hydrogen) atoms. The lowest BCUT2D eigenvalue weighted by atomic mass is 10.2. The quantitative estimate of drug-likeness (QED) is 0.781. The van der Waals surface area contributed by atoms with Crippen molar-refractivity contribution < 1.29 is 14.3 Å². The number of benzene rings is 1. The van der Waals surface area contributed by atoms with Crippen LogP contribution in [0, 0.1) is 11.3 Å². The van der Waals surface area contributed by atoms with E-state index >= 15 is 0 Å². The Hall–Kier alpha value is -2.55. The molecule has 0 saturated carbocycles. The summed E-state index contributed by atoms with van der Waals surface area (Å²) in [6.45, 7) is -0.247. The first-order valence-corrected chi connectivity index (χ1v) is 5.33. The van der Waals surface area contributed by atoms with Crippen molar-refractivity contribution in [3.8, 4) is 11.8 Å². The Morgan fingerprint density at radius 3 is 3.06 bits per heavy atom. The van der Waals surface area contributed by atoms with Crippen molar-refractivity contribution in [2.24, 2.45) is 0 Å². The van der Waals surface area contributed by atoms with Crippen molar-refractivity contribution in [2.75, 3.05) is 23.8 Å². The van der Waals surface area contributed by atoms with Gasteiger partial charge in [-0.15, -0.1) is 0 Å². The minimum absolute atomic E-state index is 0.114. The van der Waals surface area contributed by atoms with E-state index in [9.17, 15) is 9.59 Å². The maximum atomic E-state index is 11.7. The van der Waals surface area contributed by atoms with Crippen LogP contribution in [0.2, 0.25) is 0 Å². The maximum Gasteiger partial charge on any atom is 0.265 e. The molecule has 92 valence electrons. The average molecular weight is 245 g/mol. The Balaban J connectivity index is 2.30. The van der Waals surface area contributed by atoms with Gasteiger partial charge in [0.05, 0.1) is 24.7 Å². The highest BCUT2D eigenvalue weighted by Crippen LogP contribution is 2.33. The number of anilines is 2. The van der Waals surface area contributed by atoms with Crippen LogP contribution in [0.25, 0.3) is 0 Å². The number of amides is 1. The largest absolute Gasteiger partial charge is 0.482 e. The molecule has 0 bridgehead atoms. The van der Waals surface area contributed by atoms with Gasteiger partial charge in [-0.2, -0.15) is 5.26 Å². The van der Waals surface area contributed by atoms with Gasteiger partial charge in [-0.05, 0) is 18.2 Å². The van der Waals surface area contributed by atoms with Crippen molar-refractivity contribution in [1.29, 1.82) is 5.26 Å². The molecule has 0 spiro atoms. The molecule has 0 aromatic heterocycles. The lowest BCUT2D eigenvalue weighted by molar-refractivity contribution is -0.124. The fourth-order valence-electron chi connectivity index (χ4n) is 1.71. The molecule has 1 aliphatic heterocycles. The summed E-state index contributed by atoms with van der Waals surface area (Å²) < 4.78 is 5.24. The van der Waals surface area contributed by atoms with E-state index in [1.54, 1.807) is 24.3 Å². The van der Waals surface area contributed by atoms with Gasteiger partial charge >= 0.3 is 0 Å². The van der Waals surface area contributed by atoms with E-state index in [0.29, 0.717) is 17.1 Å². The highest BCUT2D eigenvalue weighted by molar-refractivity contribution is 6.03. The normalized spacial score (nSPS) is 13.5. The molecule has 2 N–H and O–H groups in total. The topological polar surface area (TPSA) is 96.4 Å². The predicted octanol–water partition coefficient (Wildman–Crippen LogP) is 0.477. The first kappa shape index (κ1) is 11.9. The van der Waals surface area contributed by atoms with Gasteiger partial charge in [-0.1, -0.05) is 0 Å². The first-order chi connectivity index (χ1) is 8.61. The Morgan fingerprint density at radius 2 is 2.33 bits per heavy atom. The van der Waals surface area contributed by atoms with Gasteiger partial charge in [0, 0.05) is 5.69 Å². The van der Waals surface area contributed by atoms with Crippen LogP contribution < -0.4 is 15.4 Å². The minimum Gasteiger partial charge on any atom is -0.482 e. The predicted molar refractivity (Wildman–Crippen MR) is 63.9 cm³/mol. The second-order valence-electron chi connectivity index (χ2n) is 3.87. The SMILES string of the molecule is N#CCC(=O)CN1C(=O)COc2ccc(N)cc21. The van der Waals surface area contributed by atoms with Crippen LogP contribution in [0.3, 0.4) is 0 Å². The Labute approximate surface area is 104 Å². The van der Waals surface area contributed by atoms with Crippen LogP contribution in [0.1, 0.15) is 6.42 Å². The summed E-state index contributed by atoms with van der Waals surface area (Å²) in [6.07, 6.45) is -0.220. The lowest BCUT2D eigenvalue weighted by Gasteiger charge is -2.28. The van der Waals surface area contributed by atoms with E-state index in [4.69, 9.17) is 15.7 Å². The zero-order chi connectivity index (χ0) is 13.1. The van der Waals surface area contributed by atoms with Gasteiger partial charge in [0.2, 0.25) is 0 Å². The summed E-state index contributed by atoms with van der Waals surface area (Å²) in [5, 5.41) is 8.45. The van der Waals surface area contributed by atoms with E-state index in [0.717, 1.165) is 0 Å². The number of ketones is 1. The number of nitrogens with zero attached hydrogens (tertiary/aromatic N) is 2. The van der Waals surface area contributed by atoms with Gasteiger partial charge in [0.15, 0.2) is 12.4 Å². The van der Waals surface area contributed by atoms with Gasteiger partial charge in [0.1, 0.15) is 5.75 Å². The summed E-state index contributed by atoms with van der Waals surface area (Å²) in [4.78, 5) is 24.5. The number of ether oxygens (including phenoxy) is 1. The van der Waals surface area contributed by atoms with Gasteiger partial charge in [-0.25, -0.2) is 0 Å². The molecule has 1 aromatic rings. The second-order valence-corrected chi connectivity index (χ2v) is 3.87. The minimum atomic E-state index is -0.320. The fraction of sp³-hybridized carbons (Fsp3) is 0.250. The number of nitrogens with two attached hydrogens (primary N) is 1. The molecule has 0 atom stereocenters. The molecule has 0 unspecified atom stereocenters. The number of carbonyl (C=O) groups is 2. The summed E-state index contributed by atoms with van der Waals surface area (Å²) in [6, 6.07) is 6.65. The van der Waals surface area contributed by atoms with E-state index in [2.05, 4.69) is 0 Å². The van der Waals surface area contributed by atoms with Crippen LogP contribution in [0.5, 0.6) is 5.75 Å². The third-order valence-electron chi connectivity index (χ3n) is 2.54. The summed E-state index contributed by atoms with van der Waals surface area (Å²) in [5.41, 5.74) is 6.59. The zero-order valence-corrected chi connectivity index (χ0v) is 9.55. The van der Waals surface area contributed by atoms with Crippen molar-refractivity contribution in [3.63, 3.8) is 0 Å². The third kappa shape index (κ3) is 2.25.